The number of nitrogens with one attached hydrogen (secondary N) is 1. The first-order chi connectivity index (χ1) is 14.0. The Bertz CT molecular complexity index is 1190. The molecule has 0 spiro atoms. The Kier molecular flexibility index (Phi) is 3.87. The molecule has 2 aliphatic heterocycles. The third kappa shape index (κ3) is 2.61. The van der Waals surface area contributed by atoms with Crippen LogP contribution in [0.2, 0.25) is 0 Å². The van der Waals surface area contributed by atoms with Gasteiger partial charge in [-0.25, -0.2) is 4.79 Å². The highest BCUT2D eigenvalue weighted by Gasteiger charge is 2.33. The lowest BCUT2D eigenvalue weighted by atomic mass is 9.82. The van der Waals surface area contributed by atoms with Crippen LogP contribution in [0, 0.1) is 5.92 Å². The summed E-state index contributed by atoms with van der Waals surface area (Å²) in [5.74, 6) is -0.0381. The summed E-state index contributed by atoms with van der Waals surface area (Å²) in [6.07, 6.45) is 4.80. The predicted octanol–water partition coefficient (Wildman–Crippen LogP) is 3.29. The molecule has 2 aromatic heterocycles. The molecule has 0 aliphatic carbocycles. The molecule has 1 atom stereocenters. The molecular weight excluding hydrogens is 370 g/mol. The van der Waals surface area contributed by atoms with Gasteiger partial charge in [-0.05, 0) is 30.0 Å². The number of rotatable bonds is 3. The minimum absolute atomic E-state index is 0.0684. The Hall–Kier alpha value is -3.35. The minimum Gasteiger partial charge on any atom is -0.492 e. The number of pyridine rings is 1. The summed E-state index contributed by atoms with van der Waals surface area (Å²) in [5, 5.41) is 16.5. The molecule has 3 aromatic rings. The van der Waals surface area contributed by atoms with Gasteiger partial charge in [0.1, 0.15) is 11.3 Å². The van der Waals surface area contributed by atoms with Crippen molar-refractivity contribution >= 4 is 5.97 Å². The van der Waals surface area contributed by atoms with Gasteiger partial charge >= 0.3 is 5.97 Å². The smallest absolute Gasteiger partial charge is 0.341 e. The minimum atomic E-state index is -1.20. The van der Waals surface area contributed by atoms with Crippen LogP contribution in [-0.2, 0) is 12.8 Å². The monoisotopic (exact) mass is 391 g/mol. The van der Waals surface area contributed by atoms with Gasteiger partial charge in [-0.1, -0.05) is 13.8 Å². The Morgan fingerprint density at radius 3 is 2.83 bits per heavy atom. The highest BCUT2D eigenvalue weighted by atomic mass is 16.5. The van der Waals surface area contributed by atoms with Gasteiger partial charge in [0.25, 0.3) is 0 Å². The van der Waals surface area contributed by atoms with Gasteiger partial charge in [0.05, 0.1) is 18.0 Å². The van der Waals surface area contributed by atoms with E-state index in [1.807, 2.05) is 16.7 Å². The summed E-state index contributed by atoms with van der Waals surface area (Å²) in [6, 6.07) is 5.47. The van der Waals surface area contributed by atoms with E-state index in [0.717, 1.165) is 41.1 Å². The van der Waals surface area contributed by atoms with E-state index in [2.05, 4.69) is 24.0 Å². The second-order valence-electron chi connectivity index (χ2n) is 7.99. The number of hydrogen-bond acceptors (Lipinski definition) is 4. The van der Waals surface area contributed by atoms with Crippen molar-refractivity contribution < 1.29 is 14.6 Å². The van der Waals surface area contributed by atoms with E-state index in [9.17, 15) is 14.7 Å². The zero-order valence-corrected chi connectivity index (χ0v) is 16.2. The first-order valence-corrected chi connectivity index (χ1v) is 9.77. The highest BCUT2D eigenvalue weighted by Crippen LogP contribution is 2.47. The van der Waals surface area contributed by atoms with Gasteiger partial charge < -0.3 is 14.4 Å². The maximum atomic E-state index is 12.5. The second kappa shape index (κ2) is 6.34. The quantitative estimate of drug-likeness (QED) is 0.714. The molecule has 4 heterocycles. The number of carbonyl (C=O) groups is 1. The molecule has 0 fully saturated rings. The molecule has 0 saturated heterocycles. The number of ether oxygens (including phenoxy) is 1. The van der Waals surface area contributed by atoms with Crippen molar-refractivity contribution in [2.75, 3.05) is 6.61 Å². The fourth-order valence-electron chi connectivity index (χ4n) is 4.58. The summed E-state index contributed by atoms with van der Waals surface area (Å²) >= 11 is 0. The van der Waals surface area contributed by atoms with Gasteiger partial charge in [-0.2, -0.15) is 5.10 Å². The average Bonchev–Trinajstić information content (AvgIpc) is 3.38. The maximum absolute atomic E-state index is 12.5. The first-order valence-electron chi connectivity index (χ1n) is 9.77. The molecule has 2 N–H and O–H groups in total. The standard InChI is InChI=1S/C22H21N3O4/c1-11(2)18-8-13-12-4-6-29-21(12)15(17-3-5-23-24-17)7-14(13)19-9-20(26)16(22(27)28)10-25(18)19/h3,5,7,9-11,18H,4,6,8H2,1-2H3,(H,23,24)(H,27,28)/t18-/m0/s1. The molecule has 2 aliphatic rings. The summed E-state index contributed by atoms with van der Waals surface area (Å²) in [4.78, 5) is 24.1. The van der Waals surface area contributed by atoms with Crippen molar-refractivity contribution in [1.82, 2.24) is 14.8 Å². The number of aromatic amines is 1. The summed E-state index contributed by atoms with van der Waals surface area (Å²) in [6.45, 7) is 4.87. The largest absolute Gasteiger partial charge is 0.492 e. The van der Waals surface area contributed by atoms with E-state index in [4.69, 9.17) is 4.74 Å². The van der Waals surface area contributed by atoms with Gasteiger partial charge in [0.15, 0.2) is 5.43 Å². The fourth-order valence-corrected chi connectivity index (χ4v) is 4.58. The topological polar surface area (TPSA) is 97.2 Å². The zero-order chi connectivity index (χ0) is 20.3. The van der Waals surface area contributed by atoms with Gasteiger partial charge in [-0.3, -0.25) is 9.89 Å². The van der Waals surface area contributed by atoms with Gasteiger partial charge in [-0.15, -0.1) is 0 Å². The van der Waals surface area contributed by atoms with Crippen LogP contribution in [0.1, 0.15) is 41.4 Å². The van der Waals surface area contributed by atoms with Crippen molar-refractivity contribution in [2.45, 2.75) is 32.7 Å². The Labute approximate surface area is 167 Å². The number of aromatic carboxylic acids is 1. The van der Waals surface area contributed by atoms with Crippen molar-refractivity contribution in [2.24, 2.45) is 5.92 Å². The Morgan fingerprint density at radius 2 is 2.14 bits per heavy atom. The lowest BCUT2D eigenvalue weighted by Crippen LogP contribution is -2.28. The molecule has 148 valence electrons. The molecule has 0 bridgehead atoms. The van der Waals surface area contributed by atoms with Crippen molar-refractivity contribution in [3.8, 4) is 28.3 Å². The molecule has 7 heteroatoms. The summed E-state index contributed by atoms with van der Waals surface area (Å²) in [7, 11) is 0. The summed E-state index contributed by atoms with van der Waals surface area (Å²) < 4.78 is 7.95. The van der Waals surface area contributed by atoms with Crippen molar-refractivity contribution in [3.63, 3.8) is 0 Å². The molecule has 0 unspecified atom stereocenters. The normalized spacial score (nSPS) is 16.9. The molecule has 0 radical (unpaired) electrons. The number of nitrogens with zero attached hydrogens (tertiary/aromatic N) is 2. The lowest BCUT2D eigenvalue weighted by Gasteiger charge is -2.34. The van der Waals surface area contributed by atoms with Crippen LogP contribution in [-0.4, -0.2) is 32.4 Å². The molecule has 0 amide bonds. The third-order valence-corrected chi connectivity index (χ3v) is 6.01. The zero-order valence-electron chi connectivity index (χ0n) is 16.2. The first kappa shape index (κ1) is 17.7. The van der Waals surface area contributed by atoms with E-state index in [0.29, 0.717) is 6.61 Å². The lowest BCUT2D eigenvalue weighted by molar-refractivity contribution is 0.0694. The number of hydrogen-bond donors (Lipinski definition) is 2. The van der Waals surface area contributed by atoms with E-state index in [1.165, 1.54) is 23.4 Å². The molecule has 7 nitrogen and oxygen atoms in total. The number of benzene rings is 1. The number of aromatic nitrogens is 3. The number of carboxylic acid groups (broad SMARTS) is 1. The maximum Gasteiger partial charge on any atom is 0.341 e. The van der Waals surface area contributed by atoms with Gasteiger partial charge in [0, 0.05) is 47.6 Å². The van der Waals surface area contributed by atoms with E-state index < -0.39 is 11.4 Å². The van der Waals surface area contributed by atoms with E-state index in [1.54, 1.807) is 6.20 Å². The number of carboxylic acids is 1. The second-order valence-corrected chi connectivity index (χ2v) is 7.99. The molecule has 0 saturated carbocycles. The average molecular weight is 391 g/mol. The molecule has 29 heavy (non-hydrogen) atoms. The van der Waals surface area contributed by atoms with Crippen LogP contribution in [0.4, 0.5) is 0 Å². The highest BCUT2D eigenvalue weighted by molar-refractivity contribution is 5.88. The Morgan fingerprint density at radius 1 is 1.31 bits per heavy atom. The van der Waals surface area contributed by atoms with Crippen molar-refractivity contribution in [3.05, 3.63) is 57.5 Å². The van der Waals surface area contributed by atoms with Crippen LogP contribution in [0.3, 0.4) is 0 Å². The predicted molar refractivity (Wildman–Crippen MR) is 107 cm³/mol. The van der Waals surface area contributed by atoms with E-state index in [-0.39, 0.29) is 17.5 Å². The van der Waals surface area contributed by atoms with Crippen LogP contribution in [0.25, 0.3) is 22.5 Å². The van der Waals surface area contributed by atoms with E-state index >= 15 is 0 Å². The summed E-state index contributed by atoms with van der Waals surface area (Å²) in [5.41, 5.74) is 5.20. The van der Waals surface area contributed by atoms with Crippen LogP contribution >= 0.6 is 0 Å². The fraction of sp³-hybridized carbons (Fsp3) is 0.318. The molecular formula is C22H21N3O4. The SMILES string of the molecule is CC(C)[C@@H]1Cc2c(cc(-c3ccn[nH]3)c3c2CCO3)-c2cc(=O)c(C(=O)O)cn21. The van der Waals surface area contributed by atoms with Crippen LogP contribution in [0.15, 0.2) is 35.4 Å². The molecule has 1 aromatic carbocycles. The van der Waals surface area contributed by atoms with Gasteiger partial charge in [0.2, 0.25) is 0 Å². The van der Waals surface area contributed by atoms with Crippen molar-refractivity contribution in [1.29, 1.82) is 0 Å². The molecule has 5 rings (SSSR count). The Balaban J connectivity index is 1.83. The van der Waals surface area contributed by atoms with Crippen LogP contribution < -0.4 is 10.2 Å². The number of H-pyrrole nitrogens is 1. The third-order valence-electron chi connectivity index (χ3n) is 6.01. The van der Waals surface area contributed by atoms with Crippen LogP contribution in [0.5, 0.6) is 5.75 Å². The number of fused-ring (bicyclic) bond motifs is 5.